The van der Waals surface area contributed by atoms with Crippen LogP contribution >= 0.6 is 11.8 Å². The number of hydrogen-bond acceptors (Lipinski definition) is 5. The van der Waals surface area contributed by atoms with Crippen molar-refractivity contribution in [2.75, 3.05) is 0 Å². The number of tetrazole rings is 1. The Kier molecular flexibility index (Phi) is 5.14. The van der Waals surface area contributed by atoms with Gasteiger partial charge in [-0.25, -0.2) is 4.68 Å². The SMILES string of the molecule is Cc1c(-n2nnnc2SC(C)c2cccc3ccccc23)c(=O)n(-c2ccccc2)n1C. The van der Waals surface area contributed by atoms with Crippen molar-refractivity contribution in [3.63, 3.8) is 0 Å². The van der Waals surface area contributed by atoms with E-state index in [-0.39, 0.29) is 10.8 Å². The van der Waals surface area contributed by atoms with E-state index in [1.165, 1.54) is 28.1 Å². The van der Waals surface area contributed by atoms with E-state index in [2.05, 4.69) is 52.8 Å². The summed E-state index contributed by atoms with van der Waals surface area (Å²) in [6.45, 7) is 4.03. The molecule has 5 aromatic rings. The summed E-state index contributed by atoms with van der Waals surface area (Å²) in [6.07, 6.45) is 0. The molecule has 8 heteroatoms. The minimum absolute atomic E-state index is 0.0891. The van der Waals surface area contributed by atoms with E-state index < -0.39 is 0 Å². The maximum absolute atomic E-state index is 13.4. The lowest BCUT2D eigenvalue weighted by Gasteiger charge is -2.13. The van der Waals surface area contributed by atoms with E-state index in [1.807, 2.05) is 61.1 Å². The van der Waals surface area contributed by atoms with E-state index in [9.17, 15) is 4.79 Å². The first-order chi connectivity index (χ1) is 15.6. The van der Waals surface area contributed by atoms with E-state index >= 15 is 0 Å². The molecule has 0 bridgehead atoms. The molecule has 0 radical (unpaired) electrons. The molecule has 0 aliphatic heterocycles. The summed E-state index contributed by atoms with van der Waals surface area (Å²) in [4.78, 5) is 13.4. The number of nitrogens with zero attached hydrogens (tertiary/aromatic N) is 6. The Bertz CT molecular complexity index is 1460. The lowest BCUT2D eigenvalue weighted by molar-refractivity contribution is 0.630. The summed E-state index contributed by atoms with van der Waals surface area (Å²) in [6, 6.07) is 24.2. The molecule has 0 N–H and O–H groups in total. The van der Waals surface area contributed by atoms with Crippen molar-refractivity contribution in [1.82, 2.24) is 29.6 Å². The number of aromatic nitrogens is 6. The van der Waals surface area contributed by atoms with E-state index in [0.717, 1.165) is 11.4 Å². The molecule has 5 rings (SSSR count). The van der Waals surface area contributed by atoms with Crippen LogP contribution in [-0.2, 0) is 7.05 Å². The fraction of sp³-hybridized carbons (Fsp3) is 0.167. The zero-order chi connectivity index (χ0) is 22.2. The zero-order valence-electron chi connectivity index (χ0n) is 18.0. The second-order valence-corrected chi connectivity index (χ2v) is 8.92. The van der Waals surface area contributed by atoms with Crippen LogP contribution in [0.4, 0.5) is 0 Å². The van der Waals surface area contributed by atoms with Gasteiger partial charge in [-0.05, 0) is 52.7 Å². The maximum atomic E-state index is 13.4. The second kappa shape index (κ2) is 8.12. The minimum Gasteiger partial charge on any atom is -0.283 e. The Morgan fingerprint density at radius 1 is 0.938 bits per heavy atom. The fourth-order valence-electron chi connectivity index (χ4n) is 4.02. The highest BCUT2D eigenvalue weighted by molar-refractivity contribution is 7.99. The molecule has 0 aliphatic rings. The Labute approximate surface area is 189 Å². The second-order valence-electron chi connectivity index (χ2n) is 7.61. The average molecular weight is 443 g/mol. The number of rotatable bonds is 5. The lowest BCUT2D eigenvalue weighted by atomic mass is 10.0. The van der Waals surface area contributed by atoms with Crippen LogP contribution < -0.4 is 5.56 Å². The van der Waals surface area contributed by atoms with Gasteiger partial charge < -0.3 is 0 Å². The van der Waals surface area contributed by atoms with Gasteiger partial charge in [0, 0.05) is 12.3 Å². The molecule has 32 heavy (non-hydrogen) atoms. The van der Waals surface area contributed by atoms with Crippen molar-refractivity contribution < 1.29 is 0 Å². The normalized spacial score (nSPS) is 12.3. The molecular weight excluding hydrogens is 420 g/mol. The fourth-order valence-corrected chi connectivity index (χ4v) is 4.98. The van der Waals surface area contributed by atoms with Gasteiger partial charge in [-0.15, -0.1) is 5.10 Å². The zero-order valence-corrected chi connectivity index (χ0v) is 18.8. The quantitative estimate of drug-likeness (QED) is 0.376. The van der Waals surface area contributed by atoms with Gasteiger partial charge >= 0.3 is 0 Å². The lowest BCUT2D eigenvalue weighted by Crippen LogP contribution is -2.22. The molecule has 160 valence electrons. The Morgan fingerprint density at radius 3 is 2.47 bits per heavy atom. The summed E-state index contributed by atoms with van der Waals surface area (Å²) in [7, 11) is 1.86. The molecule has 0 amide bonds. The first-order valence-corrected chi connectivity index (χ1v) is 11.2. The number of para-hydroxylation sites is 1. The summed E-state index contributed by atoms with van der Waals surface area (Å²) < 4.78 is 5.02. The molecule has 3 aromatic carbocycles. The topological polar surface area (TPSA) is 70.5 Å². The third-order valence-corrected chi connectivity index (χ3v) is 6.79. The van der Waals surface area contributed by atoms with Crippen molar-refractivity contribution in [2.45, 2.75) is 24.3 Å². The highest BCUT2D eigenvalue weighted by Crippen LogP contribution is 2.37. The molecule has 0 spiro atoms. The van der Waals surface area contributed by atoms with Crippen LogP contribution in [0.15, 0.2) is 82.7 Å². The summed E-state index contributed by atoms with van der Waals surface area (Å²) in [5.41, 5.74) is 3.07. The molecule has 1 atom stereocenters. The first-order valence-electron chi connectivity index (χ1n) is 10.3. The smallest absolute Gasteiger partial charge is 0.283 e. The van der Waals surface area contributed by atoms with Crippen LogP contribution in [0.3, 0.4) is 0 Å². The summed E-state index contributed by atoms with van der Waals surface area (Å²) >= 11 is 1.54. The van der Waals surface area contributed by atoms with Gasteiger partial charge in [0.25, 0.3) is 5.56 Å². The van der Waals surface area contributed by atoms with E-state index in [4.69, 9.17) is 0 Å². The third kappa shape index (κ3) is 3.33. The van der Waals surface area contributed by atoms with Crippen molar-refractivity contribution in [1.29, 1.82) is 0 Å². The van der Waals surface area contributed by atoms with E-state index in [0.29, 0.717) is 10.8 Å². The van der Waals surface area contributed by atoms with Gasteiger partial charge in [0.05, 0.1) is 11.4 Å². The standard InChI is InChI=1S/C24H22N6OS/c1-16-22(23(31)30(28(16)3)19-12-5-4-6-13-19)29-24(25-26-27-29)32-17(2)20-15-9-11-18-10-7-8-14-21(18)20/h4-15,17H,1-3H3. The van der Waals surface area contributed by atoms with Gasteiger partial charge in [-0.2, -0.15) is 4.68 Å². The highest BCUT2D eigenvalue weighted by Gasteiger charge is 2.23. The van der Waals surface area contributed by atoms with Crippen LogP contribution in [0.2, 0.25) is 0 Å². The molecule has 2 aromatic heterocycles. The molecule has 2 heterocycles. The van der Waals surface area contributed by atoms with Gasteiger partial charge in [-0.3, -0.25) is 9.48 Å². The monoisotopic (exact) mass is 442 g/mol. The predicted octanol–water partition coefficient (Wildman–Crippen LogP) is 4.47. The van der Waals surface area contributed by atoms with Crippen molar-refractivity contribution in [3.05, 3.63) is 94.4 Å². The third-order valence-electron chi connectivity index (χ3n) is 5.72. The van der Waals surface area contributed by atoms with Crippen LogP contribution in [0, 0.1) is 6.92 Å². The molecule has 0 fully saturated rings. The number of fused-ring (bicyclic) bond motifs is 1. The summed E-state index contributed by atoms with van der Waals surface area (Å²) in [5.74, 6) is 0. The molecule has 1 unspecified atom stereocenters. The number of thioether (sulfide) groups is 1. The Hall–Kier alpha value is -3.65. The van der Waals surface area contributed by atoms with Crippen LogP contribution in [0.1, 0.15) is 23.4 Å². The predicted molar refractivity (Wildman–Crippen MR) is 127 cm³/mol. The van der Waals surface area contributed by atoms with Gasteiger partial charge in [0.15, 0.2) is 5.69 Å². The van der Waals surface area contributed by atoms with Crippen LogP contribution in [0.5, 0.6) is 0 Å². The van der Waals surface area contributed by atoms with Crippen molar-refractivity contribution >= 4 is 22.5 Å². The van der Waals surface area contributed by atoms with Gasteiger partial charge in [0.1, 0.15) is 0 Å². The van der Waals surface area contributed by atoms with Crippen LogP contribution in [0.25, 0.3) is 22.1 Å². The Morgan fingerprint density at radius 2 is 1.66 bits per heavy atom. The largest absolute Gasteiger partial charge is 0.297 e. The maximum Gasteiger partial charge on any atom is 0.297 e. The first kappa shape index (κ1) is 20.3. The number of benzene rings is 3. The van der Waals surface area contributed by atoms with Crippen LogP contribution in [-0.4, -0.2) is 29.6 Å². The Balaban J connectivity index is 1.56. The minimum atomic E-state index is -0.164. The molecule has 0 saturated carbocycles. The van der Waals surface area contributed by atoms with Gasteiger partial charge in [-0.1, -0.05) is 72.4 Å². The average Bonchev–Trinajstić information content (AvgIpc) is 3.35. The molecular formula is C24H22N6OS. The summed E-state index contributed by atoms with van der Waals surface area (Å²) in [5, 5.41) is 15.4. The van der Waals surface area contributed by atoms with Crippen molar-refractivity contribution in [2.24, 2.45) is 7.05 Å². The van der Waals surface area contributed by atoms with Gasteiger partial charge in [0.2, 0.25) is 5.16 Å². The highest BCUT2D eigenvalue weighted by atomic mass is 32.2. The molecule has 0 aliphatic carbocycles. The van der Waals surface area contributed by atoms with E-state index in [1.54, 1.807) is 9.36 Å². The number of hydrogen-bond donors (Lipinski definition) is 0. The van der Waals surface area contributed by atoms with Crippen molar-refractivity contribution in [3.8, 4) is 11.4 Å². The molecule has 7 nitrogen and oxygen atoms in total. The molecule has 0 saturated heterocycles.